The van der Waals surface area contributed by atoms with Gasteiger partial charge in [0, 0.05) is 17.3 Å². The van der Waals surface area contributed by atoms with Crippen LogP contribution in [0.2, 0.25) is 0 Å². The molecule has 0 amide bonds. The van der Waals surface area contributed by atoms with Gasteiger partial charge in [-0.15, -0.1) is 0 Å². The predicted molar refractivity (Wildman–Crippen MR) is 107 cm³/mol. The standard InChI is InChI=1S/C19H20N4O3S/c1-3-26-18-10-5-4-9-16(18)17-12-19(21-13-20-17)22-14-7-6-8-15(11-14)23-27(2,24)25/h4-13,23H,3H2,1-2H3,(H,20,21,22). The molecule has 0 saturated carbocycles. The molecule has 0 atom stereocenters. The number of nitrogens with one attached hydrogen (secondary N) is 2. The van der Waals surface area contributed by atoms with Crippen molar-refractivity contribution in [2.75, 3.05) is 22.9 Å². The highest BCUT2D eigenvalue weighted by molar-refractivity contribution is 7.92. The summed E-state index contributed by atoms with van der Waals surface area (Å²) in [5.41, 5.74) is 2.77. The third-order valence-electron chi connectivity index (χ3n) is 3.57. The maximum Gasteiger partial charge on any atom is 0.229 e. The van der Waals surface area contributed by atoms with Crippen LogP contribution < -0.4 is 14.8 Å². The molecule has 2 aromatic carbocycles. The summed E-state index contributed by atoms with van der Waals surface area (Å²) < 4.78 is 30.9. The summed E-state index contributed by atoms with van der Waals surface area (Å²) in [6.07, 6.45) is 2.58. The summed E-state index contributed by atoms with van der Waals surface area (Å²) >= 11 is 0. The molecule has 2 N–H and O–H groups in total. The summed E-state index contributed by atoms with van der Waals surface area (Å²) in [5.74, 6) is 1.34. The Labute approximate surface area is 158 Å². The molecule has 8 heteroatoms. The van der Waals surface area contributed by atoms with Gasteiger partial charge in [-0.2, -0.15) is 0 Å². The van der Waals surface area contributed by atoms with Crippen molar-refractivity contribution in [1.82, 2.24) is 9.97 Å². The van der Waals surface area contributed by atoms with Crippen LogP contribution in [-0.4, -0.2) is 31.2 Å². The quantitative estimate of drug-likeness (QED) is 0.646. The number of sulfonamides is 1. The van der Waals surface area contributed by atoms with Crippen molar-refractivity contribution in [3.63, 3.8) is 0 Å². The molecule has 0 spiro atoms. The van der Waals surface area contributed by atoms with Gasteiger partial charge in [0.2, 0.25) is 10.0 Å². The zero-order chi connectivity index (χ0) is 19.3. The van der Waals surface area contributed by atoms with Crippen LogP contribution in [0.4, 0.5) is 17.2 Å². The third-order valence-corrected chi connectivity index (χ3v) is 4.17. The van der Waals surface area contributed by atoms with Crippen molar-refractivity contribution >= 4 is 27.2 Å². The third kappa shape index (κ3) is 5.18. The fourth-order valence-electron chi connectivity index (χ4n) is 2.55. The topological polar surface area (TPSA) is 93.2 Å². The zero-order valence-electron chi connectivity index (χ0n) is 15.0. The minimum atomic E-state index is -3.34. The molecule has 0 aliphatic rings. The smallest absolute Gasteiger partial charge is 0.229 e. The second-order valence-electron chi connectivity index (χ2n) is 5.80. The van der Waals surface area contributed by atoms with Gasteiger partial charge in [-0.25, -0.2) is 18.4 Å². The fraction of sp³-hybridized carbons (Fsp3) is 0.158. The zero-order valence-corrected chi connectivity index (χ0v) is 15.8. The van der Waals surface area contributed by atoms with Crippen molar-refractivity contribution in [1.29, 1.82) is 0 Å². The molecule has 0 saturated heterocycles. The first-order chi connectivity index (χ1) is 12.9. The minimum Gasteiger partial charge on any atom is -0.493 e. The predicted octanol–water partition coefficient (Wildman–Crippen LogP) is 3.66. The molecule has 7 nitrogen and oxygen atoms in total. The lowest BCUT2D eigenvalue weighted by Crippen LogP contribution is -2.09. The van der Waals surface area contributed by atoms with Gasteiger partial charge >= 0.3 is 0 Å². The van der Waals surface area contributed by atoms with Gasteiger partial charge in [0.05, 0.1) is 24.2 Å². The number of aromatic nitrogens is 2. The van der Waals surface area contributed by atoms with E-state index in [4.69, 9.17) is 4.74 Å². The number of ether oxygens (including phenoxy) is 1. The number of anilines is 3. The van der Waals surface area contributed by atoms with E-state index in [2.05, 4.69) is 20.0 Å². The molecule has 1 heterocycles. The van der Waals surface area contributed by atoms with Crippen molar-refractivity contribution in [2.45, 2.75) is 6.92 Å². The first kappa shape index (κ1) is 18.7. The second-order valence-corrected chi connectivity index (χ2v) is 7.55. The van der Waals surface area contributed by atoms with Crippen LogP contribution in [0.25, 0.3) is 11.3 Å². The lowest BCUT2D eigenvalue weighted by Gasteiger charge is -2.11. The average Bonchev–Trinajstić information content (AvgIpc) is 2.61. The van der Waals surface area contributed by atoms with Gasteiger partial charge in [-0.1, -0.05) is 18.2 Å². The fourth-order valence-corrected chi connectivity index (χ4v) is 3.11. The van der Waals surface area contributed by atoms with Crippen LogP contribution >= 0.6 is 0 Å². The monoisotopic (exact) mass is 384 g/mol. The largest absolute Gasteiger partial charge is 0.493 e. The van der Waals surface area contributed by atoms with Gasteiger partial charge in [-0.05, 0) is 37.3 Å². The van der Waals surface area contributed by atoms with Crippen LogP contribution in [0.5, 0.6) is 5.75 Å². The summed E-state index contributed by atoms with van der Waals surface area (Å²) in [6, 6.07) is 16.4. The molecular weight excluding hydrogens is 364 g/mol. The highest BCUT2D eigenvalue weighted by Crippen LogP contribution is 2.30. The van der Waals surface area contributed by atoms with Crippen LogP contribution in [0.1, 0.15) is 6.92 Å². The first-order valence-electron chi connectivity index (χ1n) is 8.34. The van der Waals surface area contributed by atoms with Crippen LogP contribution in [0, 0.1) is 0 Å². The highest BCUT2D eigenvalue weighted by atomic mass is 32.2. The molecule has 0 aliphatic heterocycles. The number of hydrogen-bond acceptors (Lipinski definition) is 6. The van der Waals surface area contributed by atoms with E-state index >= 15 is 0 Å². The lowest BCUT2D eigenvalue weighted by atomic mass is 10.1. The molecule has 0 bridgehead atoms. The maximum atomic E-state index is 11.4. The first-order valence-corrected chi connectivity index (χ1v) is 10.2. The Bertz CT molecular complexity index is 1040. The summed E-state index contributed by atoms with van der Waals surface area (Å²) in [7, 11) is -3.34. The molecular formula is C19H20N4O3S. The molecule has 1 aromatic heterocycles. The molecule has 140 valence electrons. The Kier molecular flexibility index (Phi) is 5.56. The van der Waals surface area contributed by atoms with Gasteiger partial charge in [0.1, 0.15) is 17.9 Å². The Morgan fingerprint density at radius 2 is 1.78 bits per heavy atom. The van der Waals surface area contributed by atoms with E-state index < -0.39 is 10.0 Å². The highest BCUT2D eigenvalue weighted by Gasteiger charge is 2.09. The molecule has 0 unspecified atom stereocenters. The number of para-hydroxylation sites is 1. The van der Waals surface area contributed by atoms with Gasteiger partial charge in [0.15, 0.2) is 0 Å². The Balaban J connectivity index is 1.86. The minimum absolute atomic E-state index is 0.471. The van der Waals surface area contributed by atoms with Crippen molar-refractivity contribution in [3.05, 3.63) is 60.9 Å². The van der Waals surface area contributed by atoms with E-state index in [1.54, 1.807) is 18.2 Å². The molecule has 0 aliphatic carbocycles. The SMILES string of the molecule is CCOc1ccccc1-c1cc(Nc2cccc(NS(C)(=O)=O)c2)ncn1. The van der Waals surface area contributed by atoms with Crippen LogP contribution in [-0.2, 0) is 10.0 Å². The van der Waals surface area contributed by atoms with E-state index in [0.29, 0.717) is 23.8 Å². The van der Waals surface area contributed by atoms with E-state index in [1.165, 1.54) is 6.33 Å². The molecule has 27 heavy (non-hydrogen) atoms. The molecule has 0 radical (unpaired) electrons. The van der Waals surface area contributed by atoms with E-state index in [0.717, 1.165) is 23.3 Å². The maximum absolute atomic E-state index is 11.4. The summed E-state index contributed by atoms with van der Waals surface area (Å²) in [4.78, 5) is 8.58. The lowest BCUT2D eigenvalue weighted by molar-refractivity contribution is 0.341. The van der Waals surface area contributed by atoms with Crippen LogP contribution in [0.15, 0.2) is 60.9 Å². The van der Waals surface area contributed by atoms with E-state index in [9.17, 15) is 8.42 Å². The Morgan fingerprint density at radius 3 is 2.56 bits per heavy atom. The van der Waals surface area contributed by atoms with Crippen LogP contribution in [0.3, 0.4) is 0 Å². The number of hydrogen-bond donors (Lipinski definition) is 2. The molecule has 0 fully saturated rings. The summed E-state index contributed by atoms with van der Waals surface area (Å²) in [5, 5.41) is 3.16. The molecule has 3 aromatic rings. The number of benzene rings is 2. The normalized spacial score (nSPS) is 11.0. The molecule has 3 rings (SSSR count). The van der Waals surface area contributed by atoms with Crippen molar-refractivity contribution in [3.8, 4) is 17.0 Å². The number of nitrogens with zero attached hydrogens (tertiary/aromatic N) is 2. The average molecular weight is 384 g/mol. The van der Waals surface area contributed by atoms with Crippen molar-refractivity contribution < 1.29 is 13.2 Å². The van der Waals surface area contributed by atoms with Crippen molar-refractivity contribution in [2.24, 2.45) is 0 Å². The number of rotatable bonds is 7. The second kappa shape index (κ2) is 8.05. The van der Waals surface area contributed by atoms with Gasteiger partial charge < -0.3 is 10.1 Å². The summed E-state index contributed by atoms with van der Waals surface area (Å²) in [6.45, 7) is 2.49. The van der Waals surface area contributed by atoms with E-state index in [-0.39, 0.29) is 0 Å². The van der Waals surface area contributed by atoms with Gasteiger partial charge in [0.25, 0.3) is 0 Å². The van der Waals surface area contributed by atoms with Gasteiger partial charge in [-0.3, -0.25) is 4.72 Å². The Morgan fingerprint density at radius 1 is 1.00 bits per heavy atom. The Hall–Kier alpha value is -3.13. The van der Waals surface area contributed by atoms with E-state index in [1.807, 2.05) is 43.3 Å².